The number of rotatable bonds is 4. The molecule has 0 spiro atoms. The quantitative estimate of drug-likeness (QED) is 0.725. The van der Waals surface area contributed by atoms with Gasteiger partial charge in [0.2, 0.25) is 0 Å². The largest absolute Gasteiger partial charge is 0.478 e. The van der Waals surface area contributed by atoms with E-state index in [1.54, 1.807) is 24.7 Å². The molecule has 1 unspecified atom stereocenters. The van der Waals surface area contributed by atoms with Crippen LogP contribution >= 0.6 is 12.4 Å². The highest BCUT2D eigenvalue weighted by atomic mass is 35.5. The molecular formula is C20H21ClN2O3. The van der Waals surface area contributed by atoms with Crippen LogP contribution in [0.2, 0.25) is 0 Å². The van der Waals surface area contributed by atoms with Gasteiger partial charge >= 0.3 is 5.97 Å². The number of hydrogen-bond acceptors (Lipinski definition) is 3. The van der Waals surface area contributed by atoms with Crippen LogP contribution in [0.3, 0.4) is 0 Å². The summed E-state index contributed by atoms with van der Waals surface area (Å²) in [6.07, 6.45) is 4.43. The molecule has 3 rings (SSSR count). The third-order valence-corrected chi connectivity index (χ3v) is 4.47. The van der Waals surface area contributed by atoms with Crippen LogP contribution in [0, 0.1) is 20.8 Å². The topological polar surface area (TPSA) is 75.3 Å². The van der Waals surface area contributed by atoms with E-state index in [-0.39, 0.29) is 18.0 Å². The number of aromatic carboxylic acids is 1. The van der Waals surface area contributed by atoms with E-state index in [1.165, 1.54) is 0 Å². The minimum atomic E-state index is -0.967. The summed E-state index contributed by atoms with van der Waals surface area (Å²) in [6.45, 7) is 5.60. The molecule has 0 aliphatic carbocycles. The van der Waals surface area contributed by atoms with Crippen LogP contribution in [0.1, 0.15) is 44.3 Å². The summed E-state index contributed by atoms with van der Waals surface area (Å²) >= 11 is 0. The van der Waals surface area contributed by atoms with E-state index in [4.69, 9.17) is 0 Å². The van der Waals surface area contributed by atoms with Gasteiger partial charge in [0.25, 0.3) is 0 Å². The molecule has 0 aliphatic heterocycles. The fourth-order valence-corrected chi connectivity index (χ4v) is 3.18. The highest BCUT2D eigenvalue weighted by molar-refractivity contribution is 5.88. The van der Waals surface area contributed by atoms with Crippen LogP contribution in [0.5, 0.6) is 0 Å². The second-order valence-corrected chi connectivity index (χ2v) is 6.24. The van der Waals surface area contributed by atoms with Gasteiger partial charge in [-0.25, -0.2) is 9.78 Å². The predicted octanol–water partition coefficient (Wildman–Crippen LogP) is 4.00. The maximum Gasteiger partial charge on any atom is 0.335 e. The Hall–Kier alpha value is -2.63. The number of imidazole rings is 1. The Morgan fingerprint density at radius 1 is 1.08 bits per heavy atom. The van der Waals surface area contributed by atoms with E-state index in [0.29, 0.717) is 0 Å². The van der Waals surface area contributed by atoms with E-state index < -0.39 is 12.1 Å². The van der Waals surface area contributed by atoms with E-state index in [2.05, 4.69) is 4.98 Å². The molecule has 0 saturated heterocycles. The minimum absolute atomic E-state index is 0. The van der Waals surface area contributed by atoms with E-state index in [0.717, 1.165) is 33.5 Å². The zero-order valence-corrected chi connectivity index (χ0v) is 15.6. The van der Waals surface area contributed by atoms with E-state index >= 15 is 0 Å². The third kappa shape index (κ3) is 3.64. The van der Waals surface area contributed by atoms with Gasteiger partial charge in [-0.15, -0.1) is 12.4 Å². The van der Waals surface area contributed by atoms with Gasteiger partial charge in [-0.05, 0) is 72.9 Å². The number of aromatic nitrogens is 2. The van der Waals surface area contributed by atoms with Gasteiger partial charge < -0.3 is 14.8 Å². The Labute approximate surface area is 158 Å². The molecule has 2 N–H and O–H groups in total. The Kier molecular flexibility index (Phi) is 5.85. The summed E-state index contributed by atoms with van der Waals surface area (Å²) in [5.41, 5.74) is 5.17. The van der Waals surface area contributed by atoms with E-state index in [1.807, 2.05) is 49.7 Å². The Morgan fingerprint density at radius 2 is 1.73 bits per heavy atom. The number of carbonyl (C=O) groups is 1. The Bertz CT molecular complexity index is 913. The van der Waals surface area contributed by atoms with Crippen LogP contribution in [-0.4, -0.2) is 25.7 Å². The summed E-state index contributed by atoms with van der Waals surface area (Å²) in [5.74, 6) is -0.967. The van der Waals surface area contributed by atoms with Crippen molar-refractivity contribution in [1.82, 2.24) is 9.55 Å². The molecule has 1 heterocycles. The lowest BCUT2D eigenvalue weighted by Gasteiger charge is -2.20. The van der Waals surface area contributed by atoms with Crippen molar-refractivity contribution in [3.05, 3.63) is 82.4 Å². The summed E-state index contributed by atoms with van der Waals surface area (Å²) < 4.78 is 1.88. The molecule has 136 valence electrons. The van der Waals surface area contributed by atoms with Gasteiger partial charge in [-0.3, -0.25) is 0 Å². The smallest absolute Gasteiger partial charge is 0.335 e. The Morgan fingerprint density at radius 3 is 2.27 bits per heavy atom. The molecule has 0 saturated carbocycles. The van der Waals surface area contributed by atoms with Gasteiger partial charge in [-0.2, -0.15) is 0 Å². The predicted molar refractivity (Wildman–Crippen MR) is 102 cm³/mol. The fourth-order valence-electron chi connectivity index (χ4n) is 3.18. The first-order valence-corrected chi connectivity index (χ1v) is 8.00. The molecule has 3 aromatic rings. The van der Waals surface area contributed by atoms with Gasteiger partial charge in [0.1, 0.15) is 6.10 Å². The van der Waals surface area contributed by atoms with Crippen LogP contribution in [0.4, 0.5) is 0 Å². The third-order valence-electron chi connectivity index (χ3n) is 4.47. The molecule has 0 fully saturated rings. The molecule has 1 aromatic heterocycles. The normalized spacial score (nSPS) is 11.7. The van der Waals surface area contributed by atoms with Gasteiger partial charge in [0.05, 0.1) is 11.9 Å². The van der Waals surface area contributed by atoms with Crippen LogP contribution in [0.15, 0.2) is 49.1 Å². The van der Waals surface area contributed by atoms with Crippen LogP contribution in [0.25, 0.3) is 5.69 Å². The number of halogens is 1. The second-order valence-electron chi connectivity index (χ2n) is 6.24. The van der Waals surface area contributed by atoms with Crippen molar-refractivity contribution in [1.29, 1.82) is 0 Å². The van der Waals surface area contributed by atoms with Crippen molar-refractivity contribution >= 4 is 18.4 Å². The summed E-state index contributed by atoms with van der Waals surface area (Å²) in [5, 5.41) is 20.2. The van der Waals surface area contributed by atoms with Gasteiger partial charge in [0, 0.05) is 18.1 Å². The maximum absolute atomic E-state index is 11.2. The summed E-state index contributed by atoms with van der Waals surface area (Å²) in [7, 11) is 0. The van der Waals surface area contributed by atoms with Crippen molar-refractivity contribution in [2.75, 3.05) is 0 Å². The fraction of sp³-hybridized carbons (Fsp3) is 0.200. The zero-order chi connectivity index (χ0) is 18.1. The van der Waals surface area contributed by atoms with Gasteiger partial charge in [0.15, 0.2) is 0 Å². The lowest BCUT2D eigenvalue weighted by molar-refractivity contribution is 0.0696. The number of aliphatic hydroxyl groups excluding tert-OH is 1. The maximum atomic E-state index is 11.2. The molecule has 0 amide bonds. The molecule has 2 aromatic carbocycles. The van der Waals surface area contributed by atoms with Crippen molar-refractivity contribution in [2.24, 2.45) is 0 Å². The number of aryl methyl sites for hydroxylation is 3. The zero-order valence-electron chi connectivity index (χ0n) is 14.8. The molecular weight excluding hydrogens is 352 g/mol. The van der Waals surface area contributed by atoms with Crippen LogP contribution in [-0.2, 0) is 0 Å². The van der Waals surface area contributed by atoms with Crippen molar-refractivity contribution in [2.45, 2.75) is 26.9 Å². The standard InChI is InChI=1S/C20H20N2O3.ClH/c1-12-4-5-16(22-7-6-21-11-22)10-17(12)19(23)18-13(2)8-15(20(24)25)9-14(18)3;/h4-11,19,23H,1-3H3,(H,24,25);1H. The molecule has 5 nitrogen and oxygen atoms in total. The number of benzene rings is 2. The monoisotopic (exact) mass is 372 g/mol. The number of hydrogen-bond donors (Lipinski definition) is 2. The molecule has 6 heteroatoms. The number of aliphatic hydroxyl groups is 1. The summed E-state index contributed by atoms with van der Waals surface area (Å²) in [6, 6.07) is 9.07. The number of nitrogens with zero attached hydrogens (tertiary/aromatic N) is 2. The second kappa shape index (κ2) is 7.72. The lowest BCUT2D eigenvalue weighted by Crippen LogP contribution is -2.09. The average molecular weight is 373 g/mol. The SMILES string of the molecule is Cc1ccc(-n2ccnc2)cc1C(O)c1c(C)cc(C(=O)O)cc1C.Cl. The minimum Gasteiger partial charge on any atom is -0.478 e. The molecule has 0 aliphatic rings. The van der Waals surface area contributed by atoms with Crippen molar-refractivity contribution in [3.8, 4) is 5.69 Å². The van der Waals surface area contributed by atoms with Crippen molar-refractivity contribution < 1.29 is 15.0 Å². The molecule has 0 radical (unpaired) electrons. The molecule has 0 bridgehead atoms. The number of carboxylic acids is 1. The van der Waals surface area contributed by atoms with Gasteiger partial charge in [-0.1, -0.05) is 6.07 Å². The first-order valence-electron chi connectivity index (χ1n) is 8.00. The highest BCUT2D eigenvalue weighted by Gasteiger charge is 2.20. The Balaban J connectivity index is 0.00000243. The summed E-state index contributed by atoms with van der Waals surface area (Å²) in [4.78, 5) is 15.3. The lowest BCUT2D eigenvalue weighted by atomic mass is 9.89. The number of carboxylic acid groups (broad SMARTS) is 1. The first kappa shape index (κ1) is 19.7. The first-order chi connectivity index (χ1) is 11.9. The highest BCUT2D eigenvalue weighted by Crippen LogP contribution is 2.31. The molecule has 26 heavy (non-hydrogen) atoms. The average Bonchev–Trinajstić information content (AvgIpc) is 3.08. The van der Waals surface area contributed by atoms with Crippen molar-refractivity contribution in [3.63, 3.8) is 0 Å². The van der Waals surface area contributed by atoms with E-state index in [9.17, 15) is 15.0 Å². The van der Waals surface area contributed by atoms with Crippen LogP contribution < -0.4 is 0 Å². The molecule has 1 atom stereocenters.